The largest absolute Gasteiger partial charge is 0.500 e. The van der Waals surface area contributed by atoms with Crippen LogP contribution in [0.15, 0.2) is 47.1 Å². The van der Waals surface area contributed by atoms with E-state index in [-0.39, 0.29) is 5.76 Å². The van der Waals surface area contributed by atoms with Gasteiger partial charge in [0.05, 0.1) is 19.9 Å². The number of benzene rings is 1. The van der Waals surface area contributed by atoms with Crippen molar-refractivity contribution in [1.29, 1.82) is 0 Å². The Bertz CT molecular complexity index is 709. The Morgan fingerprint density at radius 2 is 2.09 bits per heavy atom. The molecule has 22 heavy (non-hydrogen) atoms. The van der Waals surface area contributed by atoms with Gasteiger partial charge in [-0.2, -0.15) is 5.10 Å². The van der Waals surface area contributed by atoms with Gasteiger partial charge in [-0.15, -0.1) is 0 Å². The summed E-state index contributed by atoms with van der Waals surface area (Å²) in [5, 5.41) is 4.27. The number of hydrogen-bond donors (Lipinski definition) is 0. The highest BCUT2D eigenvalue weighted by Gasteiger charge is 2.15. The molecule has 1 heterocycles. The molecule has 2 rings (SSSR count). The molecule has 0 N–H and O–H groups in total. The quantitative estimate of drug-likeness (QED) is 0.462. The number of rotatable bonds is 5. The molecule has 6 nitrogen and oxygen atoms in total. The van der Waals surface area contributed by atoms with Crippen LogP contribution in [-0.4, -0.2) is 30.0 Å². The second-order valence-electron chi connectivity index (χ2n) is 4.34. The summed E-state index contributed by atoms with van der Waals surface area (Å²) in [5.74, 6) is -0.141. The number of carbonyl (C=O) groups excluding carboxylic acids is 1. The summed E-state index contributed by atoms with van der Waals surface area (Å²) in [7, 11) is 2.70. The van der Waals surface area contributed by atoms with Crippen molar-refractivity contribution >= 4 is 21.9 Å². The monoisotopic (exact) mass is 366 g/mol. The van der Waals surface area contributed by atoms with Crippen molar-refractivity contribution < 1.29 is 19.0 Å². The third-order valence-corrected chi connectivity index (χ3v) is 3.25. The van der Waals surface area contributed by atoms with Gasteiger partial charge in [0.2, 0.25) is 5.76 Å². The van der Waals surface area contributed by atoms with E-state index in [9.17, 15) is 4.79 Å². The van der Waals surface area contributed by atoms with E-state index < -0.39 is 5.97 Å². The van der Waals surface area contributed by atoms with Gasteiger partial charge in [-0.1, -0.05) is 6.07 Å². The molecular formula is C15H15BrN2O4. The van der Waals surface area contributed by atoms with Crippen molar-refractivity contribution in [3.05, 3.63) is 52.7 Å². The molecule has 0 saturated heterocycles. The van der Waals surface area contributed by atoms with Crippen molar-refractivity contribution in [1.82, 2.24) is 9.78 Å². The fraction of sp³-hybridized carbons (Fsp3) is 0.200. The molecule has 7 heteroatoms. The minimum Gasteiger partial charge on any atom is -0.500 e. The molecule has 0 fully saturated rings. The van der Waals surface area contributed by atoms with Crippen molar-refractivity contribution in [2.45, 2.75) is 6.92 Å². The maximum Gasteiger partial charge on any atom is 0.377 e. The fourth-order valence-corrected chi connectivity index (χ4v) is 2.02. The first-order valence-electron chi connectivity index (χ1n) is 6.36. The second-order valence-corrected chi connectivity index (χ2v) is 5.16. The highest BCUT2D eigenvalue weighted by atomic mass is 79.9. The van der Waals surface area contributed by atoms with Crippen LogP contribution >= 0.6 is 15.9 Å². The van der Waals surface area contributed by atoms with E-state index in [1.165, 1.54) is 20.5 Å². The van der Waals surface area contributed by atoms with Crippen LogP contribution in [-0.2, 0) is 14.3 Å². The molecule has 0 radical (unpaired) electrons. The second kappa shape index (κ2) is 7.13. The molecule has 0 unspecified atom stereocenters. The molecule has 0 atom stereocenters. The normalized spacial score (nSPS) is 11.2. The Hall–Kier alpha value is -2.28. The van der Waals surface area contributed by atoms with E-state index >= 15 is 0 Å². The van der Waals surface area contributed by atoms with Crippen LogP contribution in [0.2, 0.25) is 0 Å². The number of nitrogens with zero attached hydrogens (tertiary/aromatic N) is 2. The zero-order valence-electron chi connectivity index (χ0n) is 12.4. The lowest BCUT2D eigenvalue weighted by Crippen LogP contribution is -2.12. The maximum atomic E-state index is 11.7. The van der Waals surface area contributed by atoms with Crippen molar-refractivity contribution in [2.24, 2.45) is 0 Å². The molecule has 0 saturated carbocycles. The van der Waals surface area contributed by atoms with E-state index in [0.717, 1.165) is 15.9 Å². The van der Waals surface area contributed by atoms with Gasteiger partial charge in [0.25, 0.3) is 0 Å². The molecule has 0 bridgehead atoms. The standard InChI is InChI=1S/C15H15BrN2O4/c1-10-4-5-11(18-7-6-14(16)17-18)8-12(10)22-13(9-20-2)15(19)21-3/h4-9H,1-3H3/b13-9-. The predicted octanol–water partition coefficient (Wildman–Crippen LogP) is 2.98. The first-order valence-corrected chi connectivity index (χ1v) is 7.15. The van der Waals surface area contributed by atoms with Gasteiger partial charge in [0.15, 0.2) is 0 Å². The Morgan fingerprint density at radius 3 is 2.68 bits per heavy atom. The Balaban J connectivity index is 2.34. The van der Waals surface area contributed by atoms with Crippen LogP contribution in [0.1, 0.15) is 5.56 Å². The summed E-state index contributed by atoms with van der Waals surface area (Å²) < 4.78 is 17.5. The van der Waals surface area contributed by atoms with Crippen LogP contribution in [0, 0.1) is 6.92 Å². The molecule has 2 aromatic rings. The number of aromatic nitrogens is 2. The average Bonchev–Trinajstić information content (AvgIpc) is 2.94. The lowest BCUT2D eigenvalue weighted by atomic mass is 10.2. The summed E-state index contributed by atoms with van der Waals surface area (Å²) in [5.41, 5.74) is 1.66. The van der Waals surface area contributed by atoms with Crippen LogP contribution in [0.25, 0.3) is 5.69 Å². The van der Waals surface area contributed by atoms with E-state index in [1.807, 2.05) is 31.3 Å². The highest BCUT2D eigenvalue weighted by molar-refractivity contribution is 9.10. The fourth-order valence-electron chi connectivity index (χ4n) is 1.73. The molecule has 1 aromatic carbocycles. The number of aryl methyl sites for hydroxylation is 1. The smallest absolute Gasteiger partial charge is 0.377 e. The topological polar surface area (TPSA) is 62.6 Å². The molecule has 1 aromatic heterocycles. The van der Waals surface area contributed by atoms with Crippen molar-refractivity contribution in [2.75, 3.05) is 14.2 Å². The Kier molecular flexibility index (Phi) is 5.21. The van der Waals surface area contributed by atoms with Crippen LogP contribution in [0.5, 0.6) is 5.75 Å². The summed E-state index contributed by atoms with van der Waals surface area (Å²) in [6, 6.07) is 7.38. The summed E-state index contributed by atoms with van der Waals surface area (Å²) in [4.78, 5) is 11.7. The molecule has 0 spiro atoms. The number of ether oxygens (including phenoxy) is 3. The average molecular weight is 367 g/mol. The Morgan fingerprint density at radius 1 is 1.32 bits per heavy atom. The molecule has 0 amide bonds. The van der Waals surface area contributed by atoms with E-state index in [2.05, 4.69) is 25.8 Å². The van der Waals surface area contributed by atoms with Gasteiger partial charge in [-0.3, -0.25) is 0 Å². The highest BCUT2D eigenvalue weighted by Crippen LogP contribution is 2.24. The molecule has 0 aliphatic heterocycles. The first-order chi connectivity index (χ1) is 10.5. The third-order valence-electron chi connectivity index (χ3n) is 2.82. The van der Waals surface area contributed by atoms with Crippen molar-refractivity contribution in [3.8, 4) is 11.4 Å². The molecule has 116 valence electrons. The minimum absolute atomic E-state index is 0.0353. The van der Waals surface area contributed by atoms with Gasteiger partial charge in [0.1, 0.15) is 16.6 Å². The van der Waals surface area contributed by atoms with Gasteiger partial charge >= 0.3 is 5.97 Å². The lowest BCUT2D eigenvalue weighted by molar-refractivity contribution is -0.138. The summed E-state index contributed by atoms with van der Waals surface area (Å²) in [6.07, 6.45) is 3.01. The zero-order valence-corrected chi connectivity index (χ0v) is 14.0. The van der Waals surface area contributed by atoms with Crippen LogP contribution < -0.4 is 4.74 Å². The molecular weight excluding hydrogens is 352 g/mol. The first kappa shape index (κ1) is 16.1. The predicted molar refractivity (Wildman–Crippen MR) is 83.7 cm³/mol. The lowest BCUT2D eigenvalue weighted by Gasteiger charge is -2.12. The van der Waals surface area contributed by atoms with E-state index in [1.54, 1.807) is 10.7 Å². The van der Waals surface area contributed by atoms with Gasteiger partial charge < -0.3 is 14.2 Å². The van der Waals surface area contributed by atoms with Crippen molar-refractivity contribution in [3.63, 3.8) is 0 Å². The summed E-state index contributed by atoms with van der Waals surface area (Å²) in [6.45, 7) is 1.87. The van der Waals surface area contributed by atoms with Crippen LogP contribution in [0.4, 0.5) is 0 Å². The third kappa shape index (κ3) is 3.67. The Labute approximate surface area is 136 Å². The van der Waals surface area contributed by atoms with Gasteiger partial charge in [-0.05, 0) is 40.5 Å². The zero-order chi connectivity index (χ0) is 16.1. The SMILES string of the molecule is CO/C=C(\Oc1cc(-n2ccc(Br)n2)ccc1C)C(=O)OC. The van der Waals surface area contributed by atoms with Crippen LogP contribution in [0.3, 0.4) is 0 Å². The summed E-state index contributed by atoms with van der Waals surface area (Å²) >= 11 is 3.30. The maximum absolute atomic E-state index is 11.7. The van der Waals surface area contributed by atoms with E-state index in [4.69, 9.17) is 9.47 Å². The number of halogens is 1. The number of methoxy groups -OCH3 is 2. The van der Waals surface area contributed by atoms with E-state index in [0.29, 0.717) is 5.75 Å². The number of esters is 1. The molecule has 0 aliphatic carbocycles. The minimum atomic E-state index is -0.617. The van der Waals surface area contributed by atoms with Gasteiger partial charge in [0, 0.05) is 12.3 Å². The number of hydrogen-bond acceptors (Lipinski definition) is 5. The molecule has 0 aliphatic rings. The van der Waals surface area contributed by atoms with Gasteiger partial charge in [-0.25, -0.2) is 9.48 Å². The number of carbonyl (C=O) groups is 1.